The molecule has 0 aromatic carbocycles. The number of phosphoric acid groups is 2. The molecule has 498 valence electrons. The molecule has 0 saturated heterocycles. The zero-order valence-corrected chi connectivity index (χ0v) is 55.4. The quantitative estimate of drug-likeness (QED) is 0.0146. The highest BCUT2D eigenvalue weighted by molar-refractivity contribution is 7.47. The van der Waals surface area contributed by atoms with Gasteiger partial charge in [0.15, 0.2) is 6.10 Å². The highest BCUT2D eigenvalue weighted by Gasteiger charge is 2.29. The number of phosphoric ester groups is 2. The van der Waals surface area contributed by atoms with E-state index in [4.69, 9.17) is 32.3 Å². The molecule has 0 amide bonds. The Hall–Kier alpha value is -4.05. The average Bonchev–Trinajstić information content (AvgIpc) is 3.63. The van der Waals surface area contributed by atoms with Crippen LogP contribution in [-0.2, 0) is 55.8 Å². The van der Waals surface area contributed by atoms with Crippen molar-refractivity contribution in [2.24, 2.45) is 0 Å². The lowest BCUT2D eigenvalue weighted by atomic mass is 10.1. The lowest BCUT2D eigenvalue weighted by Crippen LogP contribution is -2.30. The van der Waals surface area contributed by atoms with Crippen LogP contribution in [0.25, 0.3) is 0 Å². The largest absolute Gasteiger partial charge is 0.472 e. The predicted molar refractivity (Wildman–Crippen MR) is 353 cm³/mol. The minimum Gasteiger partial charge on any atom is -0.463 e. The molecular weight excluding hydrogens is 1150 g/mol. The van der Waals surface area contributed by atoms with E-state index in [1.165, 1.54) is 0 Å². The molecule has 0 aliphatic rings. The fourth-order valence-electron chi connectivity index (χ4n) is 8.18. The predicted octanol–water partition coefficient (Wildman–Crippen LogP) is 17.9. The Morgan fingerprint density at radius 2 is 0.609 bits per heavy atom. The first-order valence-electron chi connectivity index (χ1n) is 32.8. The summed E-state index contributed by atoms with van der Waals surface area (Å²) in [7, 11) is -9.79. The average molecular weight is 1260 g/mol. The van der Waals surface area contributed by atoms with Gasteiger partial charge in [-0.2, -0.15) is 0 Å². The number of unbranched alkanes of at least 4 members (excludes halogenated alkanes) is 18. The van der Waals surface area contributed by atoms with Gasteiger partial charge >= 0.3 is 33.6 Å². The minimum atomic E-state index is -4.93. The number of hydrogen-bond acceptors (Lipinski definition) is 14. The summed E-state index contributed by atoms with van der Waals surface area (Å²) in [4.78, 5) is 58.3. The molecule has 0 rings (SSSR count). The van der Waals surface area contributed by atoms with Gasteiger partial charge in [-0.1, -0.05) is 219 Å². The van der Waals surface area contributed by atoms with E-state index in [9.17, 15) is 43.5 Å². The summed E-state index contributed by atoms with van der Waals surface area (Å²) in [6, 6.07) is 0. The van der Waals surface area contributed by atoms with Gasteiger partial charge in [0, 0.05) is 19.3 Å². The molecular formula is C69H116O16P2. The Morgan fingerprint density at radius 3 is 0.966 bits per heavy atom. The first kappa shape index (κ1) is 83.0. The maximum atomic E-state index is 12.9. The monoisotopic (exact) mass is 1260 g/mol. The molecule has 0 aromatic rings. The molecule has 0 aliphatic carbocycles. The Bertz CT molecular complexity index is 2070. The normalized spacial score (nSPS) is 15.1. The third kappa shape index (κ3) is 63.3. The summed E-state index contributed by atoms with van der Waals surface area (Å²) >= 11 is 0. The van der Waals surface area contributed by atoms with Crippen LogP contribution in [0.1, 0.15) is 239 Å². The highest BCUT2D eigenvalue weighted by atomic mass is 31.2. The number of esters is 3. The zero-order chi connectivity index (χ0) is 63.8. The van der Waals surface area contributed by atoms with Crippen molar-refractivity contribution in [2.75, 3.05) is 39.6 Å². The van der Waals surface area contributed by atoms with Crippen LogP contribution in [0.3, 0.4) is 0 Å². The van der Waals surface area contributed by atoms with Crippen molar-refractivity contribution in [3.8, 4) is 0 Å². The van der Waals surface area contributed by atoms with Crippen LogP contribution in [0.2, 0.25) is 0 Å². The number of carbonyl (C=O) groups is 3. The molecule has 5 unspecified atom stereocenters. The Morgan fingerprint density at radius 1 is 0.333 bits per heavy atom. The third-order valence-electron chi connectivity index (χ3n) is 13.1. The molecule has 4 N–H and O–H groups in total. The first-order chi connectivity index (χ1) is 42.2. The number of rotatable bonds is 61. The van der Waals surface area contributed by atoms with Crippen molar-refractivity contribution < 1.29 is 75.8 Å². The molecule has 5 atom stereocenters. The number of aliphatic hydroxyl groups excluding tert-OH is 2. The molecule has 0 saturated carbocycles. The Balaban J connectivity index is 4.69. The lowest BCUT2D eigenvalue weighted by Gasteiger charge is -2.21. The van der Waals surface area contributed by atoms with Crippen LogP contribution in [0.4, 0.5) is 0 Å². The van der Waals surface area contributed by atoms with E-state index in [-0.39, 0.29) is 19.3 Å². The molecule has 0 bridgehead atoms. The zero-order valence-electron chi connectivity index (χ0n) is 53.6. The van der Waals surface area contributed by atoms with Gasteiger partial charge in [0.1, 0.15) is 25.4 Å². The van der Waals surface area contributed by atoms with E-state index in [1.54, 1.807) is 0 Å². The maximum Gasteiger partial charge on any atom is 0.472 e. The third-order valence-corrected chi connectivity index (χ3v) is 15.0. The number of ether oxygens (including phenoxy) is 3. The van der Waals surface area contributed by atoms with Crippen molar-refractivity contribution in [2.45, 2.75) is 257 Å². The second-order valence-electron chi connectivity index (χ2n) is 21.5. The number of carbonyl (C=O) groups excluding carboxylic acids is 3. The number of allylic oxidation sites excluding steroid dienone is 20. The van der Waals surface area contributed by atoms with Crippen LogP contribution in [0, 0.1) is 0 Å². The van der Waals surface area contributed by atoms with Gasteiger partial charge < -0.3 is 34.2 Å². The summed E-state index contributed by atoms with van der Waals surface area (Å²) in [5.41, 5.74) is 0. The molecule has 0 heterocycles. The van der Waals surface area contributed by atoms with Crippen molar-refractivity contribution in [3.05, 3.63) is 122 Å². The van der Waals surface area contributed by atoms with E-state index in [1.807, 2.05) is 0 Å². The topological polar surface area (TPSA) is 231 Å². The summed E-state index contributed by atoms with van der Waals surface area (Å²) in [6.07, 6.45) is 69.7. The summed E-state index contributed by atoms with van der Waals surface area (Å²) < 4.78 is 60.8. The molecule has 87 heavy (non-hydrogen) atoms. The smallest absolute Gasteiger partial charge is 0.463 e. The van der Waals surface area contributed by atoms with E-state index >= 15 is 0 Å². The molecule has 0 aromatic heterocycles. The SMILES string of the molecule is CC/C=C\C/C=C\C/C=C\C/C=C\CCCCCCCCC(=O)OCC(O)COP(=O)(O)OCC(O)COP(=O)(O)OCC(COC(=O)CCCCCCCC/C=C\C/C=C\C/C=C\C/C=C\CC)OC(=O)CCCCCCC/C=C\C/C=C\CCC. The molecule has 0 spiro atoms. The molecule has 18 heteroatoms. The second kappa shape index (κ2) is 62.2. The summed E-state index contributed by atoms with van der Waals surface area (Å²) in [6.45, 7) is 2.30. The minimum absolute atomic E-state index is 0.0814. The second-order valence-corrected chi connectivity index (χ2v) is 24.4. The van der Waals surface area contributed by atoms with E-state index in [2.05, 4.69) is 142 Å². The summed E-state index contributed by atoms with van der Waals surface area (Å²) in [5.74, 6) is -1.63. The van der Waals surface area contributed by atoms with E-state index in [0.717, 1.165) is 180 Å². The van der Waals surface area contributed by atoms with Gasteiger partial charge in [0.05, 0.1) is 26.4 Å². The number of aliphatic hydroxyl groups is 2. The molecule has 0 radical (unpaired) electrons. The first-order valence-corrected chi connectivity index (χ1v) is 35.8. The lowest BCUT2D eigenvalue weighted by molar-refractivity contribution is -0.161. The highest BCUT2D eigenvalue weighted by Crippen LogP contribution is 2.45. The Kier molecular flexibility index (Phi) is 59.3. The Labute approximate surface area is 525 Å². The van der Waals surface area contributed by atoms with Gasteiger partial charge in [-0.3, -0.25) is 32.5 Å². The number of hydrogen-bond donors (Lipinski definition) is 4. The van der Waals surface area contributed by atoms with Gasteiger partial charge in [0.25, 0.3) is 0 Å². The molecule has 16 nitrogen and oxygen atoms in total. The molecule has 0 fully saturated rings. The van der Waals surface area contributed by atoms with Crippen LogP contribution < -0.4 is 0 Å². The fourth-order valence-corrected chi connectivity index (χ4v) is 9.76. The van der Waals surface area contributed by atoms with Gasteiger partial charge in [0.2, 0.25) is 0 Å². The van der Waals surface area contributed by atoms with Crippen LogP contribution in [0.15, 0.2) is 122 Å². The fraction of sp³-hybridized carbons (Fsp3) is 0.667. The van der Waals surface area contributed by atoms with E-state index in [0.29, 0.717) is 19.3 Å². The van der Waals surface area contributed by atoms with E-state index < -0.39 is 91.5 Å². The van der Waals surface area contributed by atoms with Crippen molar-refractivity contribution in [1.82, 2.24) is 0 Å². The van der Waals surface area contributed by atoms with Crippen molar-refractivity contribution >= 4 is 33.6 Å². The van der Waals surface area contributed by atoms with Crippen LogP contribution in [-0.4, -0.2) is 95.9 Å². The van der Waals surface area contributed by atoms with Gasteiger partial charge in [-0.15, -0.1) is 0 Å². The molecule has 0 aliphatic heterocycles. The van der Waals surface area contributed by atoms with Crippen molar-refractivity contribution in [1.29, 1.82) is 0 Å². The summed E-state index contributed by atoms with van der Waals surface area (Å²) in [5, 5.41) is 20.5. The van der Waals surface area contributed by atoms with Gasteiger partial charge in [-0.05, 0) is 122 Å². The van der Waals surface area contributed by atoms with Crippen molar-refractivity contribution in [3.63, 3.8) is 0 Å². The van der Waals surface area contributed by atoms with Gasteiger partial charge in [-0.25, -0.2) is 9.13 Å². The standard InChI is InChI=1S/C69H116O16P2/c1-4-7-10-13-16-19-22-25-27-29-31-33-35-38-40-43-46-49-52-55-67(72)79-58-64(70)59-81-86(75,76)82-60-65(71)61-83-87(77,78)84-63-66(85-69(74)57-54-51-48-45-42-37-24-21-18-15-12-9-6-3)62-80-68(73)56-53-50-47-44-41-39-36-34-32-30-28-26-23-20-17-14-11-8-5-2/h7-8,10-12,15-17,19-21,24-28,31-34,64-66,70-71H,4-6,9,13-14,18,22-23,29-30,35-63H2,1-3H3,(H,75,76)(H,77,78)/b10-7-,11-8-,15-12-,19-16-,20-17-,24-21-,27-25-,28-26-,33-31-,34-32-. The van der Waals surface area contributed by atoms with Crippen LogP contribution in [0.5, 0.6) is 0 Å². The maximum absolute atomic E-state index is 12.9. The van der Waals surface area contributed by atoms with Crippen LogP contribution >= 0.6 is 15.6 Å².